The van der Waals surface area contributed by atoms with Crippen LogP contribution in [0.25, 0.3) is 55.0 Å². The second kappa shape index (κ2) is 5.83. The van der Waals surface area contributed by atoms with Gasteiger partial charge in [-0.25, -0.2) is 0 Å². The number of rotatable bonds is 1. The first-order valence-electron chi connectivity index (χ1n) is 11.2. The third kappa shape index (κ3) is 2.19. The Balaban J connectivity index is 1.50. The summed E-state index contributed by atoms with van der Waals surface area (Å²) in [6, 6.07) is 23.6. The van der Waals surface area contributed by atoms with Crippen LogP contribution in [-0.4, -0.2) is 18.3 Å². The molecule has 2 heterocycles. The molecular formula is C28H23BO3. The topological polar surface area (TPSA) is 31.6 Å². The van der Waals surface area contributed by atoms with E-state index < -0.39 is 0 Å². The number of furan rings is 1. The Labute approximate surface area is 187 Å². The van der Waals surface area contributed by atoms with Crippen molar-refractivity contribution in [2.75, 3.05) is 0 Å². The molecule has 1 fully saturated rings. The molecule has 0 spiro atoms. The molecule has 4 aromatic carbocycles. The smallest absolute Gasteiger partial charge is 0.455 e. The Morgan fingerprint density at radius 3 is 2.16 bits per heavy atom. The summed E-state index contributed by atoms with van der Waals surface area (Å²) in [6.07, 6.45) is 0. The lowest BCUT2D eigenvalue weighted by atomic mass is 9.75. The summed E-state index contributed by atoms with van der Waals surface area (Å²) >= 11 is 0. The number of para-hydroxylation sites is 1. The van der Waals surface area contributed by atoms with Gasteiger partial charge in [0.15, 0.2) is 0 Å². The van der Waals surface area contributed by atoms with Crippen molar-refractivity contribution in [3.63, 3.8) is 0 Å². The van der Waals surface area contributed by atoms with Crippen LogP contribution in [0.15, 0.2) is 71.1 Å². The molecule has 2 aliphatic rings. The van der Waals surface area contributed by atoms with Gasteiger partial charge < -0.3 is 13.7 Å². The van der Waals surface area contributed by atoms with Gasteiger partial charge in [0, 0.05) is 16.3 Å². The SMILES string of the molecule is CC1(C)OB(c2ccc3c4c(cccc24)-c2c-3ccc3c2oc2ccccc23)OC1(C)C. The summed E-state index contributed by atoms with van der Waals surface area (Å²) in [6.45, 7) is 8.39. The molecule has 0 saturated carbocycles. The van der Waals surface area contributed by atoms with Crippen molar-refractivity contribution < 1.29 is 13.7 Å². The van der Waals surface area contributed by atoms with Gasteiger partial charge in [-0.3, -0.25) is 0 Å². The highest BCUT2D eigenvalue weighted by molar-refractivity contribution is 6.65. The Kier molecular flexibility index (Phi) is 3.37. The fourth-order valence-corrected chi connectivity index (χ4v) is 5.32. The van der Waals surface area contributed by atoms with E-state index in [0.29, 0.717) is 0 Å². The molecule has 1 aliphatic carbocycles. The number of hydrogen-bond donors (Lipinski definition) is 0. The van der Waals surface area contributed by atoms with Gasteiger partial charge in [-0.05, 0) is 72.8 Å². The van der Waals surface area contributed by atoms with Gasteiger partial charge in [-0.15, -0.1) is 0 Å². The molecule has 1 aliphatic heterocycles. The van der Waals surface area contributed by atoms with Crippen LogP contribution in [0.4, 0.5) is 0 Å². The summed E-state index contributed by atoms with van der Waals surface area (Å²) in [7, 11) is -0.390. The number of benzene rings is 4. The van der Waals surface area contributed by atoms with Crippen LogP contribution in [-0.2, 0) is 9.31 Å². The highest BCUT2D eigenvalue weighted by Crippen LogP contribution is 2.51. The largest absolute Gasteiger partial charge is 0.495 e. The van der Waals surface area contributed by atoms with E-state index in [4.69, 9.17) is 13.7 Å². The summed E-state index contributed by atoms with van der Waals surface area (Å²) in [4.78, 5) is 0. The molecule has 0 atom stereocenters. The first-order chi connectivity index (χ1) is 15.4. The van der Waals surface area contributed by atoms with Gasteiger partial charge in [-0.1, -0.05) is 54.6 Å². The van der Waals surface area contributed by atoms with E-state index in [-0.39, 0.29) is 18.3 Å². The fourth-order valence-electron chi connectivity index (χ4n) is 5.32. The zero-order valence-corrected chi connectivity index (χ0v) is 18.7. The van der Waals surface area contributed by atoms with Gasteiger partial charge in [0.25, 0.3) is 0 Å². The van der Waals surface area contributed by atoms with Gasteiger partial charge >= 0.3 is 7.12 Å². The average molecular weight is 418 g/mol. The molecular weight excluding hydrogens is 395 g/mol. The van der Waals surface area contributed by atoms with Crippen molar-refractivity contribution in [1.82, 2.24) is 0 Å². The van der Waals surface area contributed by atoms with Crippen molar-refractivity contribution in [2.45, 2.75) is 38.9 Å². The van der Waals surface area contributed by atoms with Gasteiger partial charge in [-0.2, -0.15) is 0 Å². The predicted molar refractivity (Wildman–Crippen MR) is 131 cm³/mol. The molecule has 1 aromatic heterocycles. The lowest BCUT2D eigenvalue weighted by Gasteiger charge is -2.32. The summed E-state index contributed by atoms with van der Waals surface area (Å²) in [5.74, 6) is 0. The second-order valence-corrected chi connectivity index (χ2v) is 9.98. The standard InChI is InChI=1S/C28H23BO3/c1-27(2)28(3,4)32-29(31-27)22-15-14-17-18-12-13-19-16-8-5-6-11-23(16)30-26(19)25(18)21-10-7-9-20(22)24(17)21/h5-15H,1-4H3. The maximum Gasteiger partial charge on any atom is 0.495 e. The minimum atomic E-state index is -0.390. The molecule has 7 rings (SSSR count). The third-order valence-corrected chi connectivity index (χ3v) is 7.69. The first kappa shape index (κ1) is 18.5. The van der Waals surface area contributed by atoms with Crippen LogP contribution < -0.4 is 5.46 Å². The lowest BCUT2D eigenvalue weighted by Crippen LogP contribution is -2.41. The third-order valence-electron chi connectivity index (χ3n) is 7.69. The van der Waals surface area contributed by atoms with Crippen LogP contribution in [0.5, 0.6) is 0 Å². The van der Waals surface area contributed by atoms with E-state index in [1.54, 1.807) is 0 Å². The Morgan fingerprint density at radius 2 is 1.34 bits per heavy atom. The van der Waals surface area contributed by atoms with Crippen molar-refractivity contribution in [1.29, 1.82) is 0 Å². The molecule has 0 radical (unpaired) electrons. The molecule has 0 unspecified atom stereocenters. The van der Waals surface area contributed by atoms with Crippen LogP contribution in [0.2, 0.25) is 0 Å². The maximum absolute atomic E-state index is 6.40. The summed E-state index contributed by atoms with van der Waals surface area (Å²) < 4.78 is 19.2. The maximum atomic E-state index is 6.40. The zero-order valence-electron chi connectivity index (χ0n) is 18.7. The highest BCUT2D eigenvalue weighted by atomic mass is 16.7. The number of hydrogen-bond acceptors (Lipinski definition) is 3. The summed E-state index contributed by atoms with van der Waals surface area (Å²) in [5, 5.41) is 4.75. The van der Waals surface area contributed by atoms with Crippen LogP contribution in [0.3, 0.4) is 0 Å². The molecule has 1 saturated heterocycles. The van der Waals surface area contributed by atoms with E-state index in [9.17, 15) is 0 Å². The first-order valence-corrected chi connectivity index (χ1v) is 11.2. The predicted octanol–water partition coefficient (Wildman–Crippen LogP) is 6.69. The molecule has 4 heteroatoms. The van der Waals surface area contributed by atoms with E-state index in [0.717, 1.165) is 27.4 Å². The van der Waals surface area contributed by atoms with E-state index in [1.165, 1.54) is 33.0 Å². The lowest BCUT2D eigenvalue weighted by molar-refractivity contribution is 0.00578. The average Bonchev–Trinajstić information content (AvgIpc) is 3.37. The molecule has 3 nitrogen and oxygen atoms in total. The number of fused-ring (bicyclic) bond motifs is 7. The minimum Gasteiger partial charge on any atom is -0.455 e. The monoisotopic (exact) mass is 418 g/mol. The summed E-state index contributed by atoms with van der Waals surface area (Å²) in [5.41, 5.74) is 7.10. The van der Waals surface area contributed by atoms with E-state index in [1.807, 2.05) is 12.1 Å². The zero-order chi connectivity index (χ0) is 21.8. The van der Waals surface area contributed by atoms with Crippen molar-refractivity contribution in [3.8, 4) is 22.3 Å². The molecule has 32 heavy (non-hydrogen) atoms. The van der Waals surface area contributed by atoms with Crippen molar-refractivity contribution >= 4 is 45.3 Å². The minimum absolute atomic E-state index is 0.371. The van der Waals surface area contributed by atoms with Gasteiger partial charge in [0.05, 0.1) is 11.2 Å². The quantitative estimate of drug-likeness (QED) is 0.279. The van der Waals surface area contributed by atoms with Crippen LogP contribution in [0, 0.1) is 0 Å². The van der Waals surface area contributed by atoms with Crippen molar-refractivity contribution in [2.24, 2.45) is 0 Å². The Hall–Kier alpha value is -3.08. The molecule has 0 bridgehead atoms. The van der Waals surface area contributed by atoms with Crippen molar-refractivity contribution in [3.05, 3.63) is 66.7 Å². The van der Waals surface area contributed by atoms with Crippen LogP contribution >= 0.6 is 0 Å². The van der Waals surface area contributed by atoms with E-state index in [2.05, 4.69) is 82.3 Å². The molecule has 0 amide bonds. The van der Waals surface area contributed by atoms with Gasteiger partial charge in [0.2, 0.25) is 0 Å². The molecule has 0 N–H and O–H groups in total. The van der Waals surface area contributed by atoms with Gasteiger partial charge in [0.1, 0.15) is 11.2 Å². The highest BCUT2D eigenvalue weighted by Gasteiger charge is 2.52. The molecule has 5 aromatic rings. The van der Waals surface area contributed by atoms with Crippen LogP contribution in [0.1, 0.15) is 27.7 Å². The normalized spacial score (nSPS) is 18.2. The second-order valence-electron chi connectivity index (χ2n) is 9.98. The fraction of sp³-hybridized carbons (Fsp3) is 0.214. The Morgan fingerprint density at radius 1 is 0.625 bits per heavy atom. The van der Waals surface area contributed by atoms with E-state index >= 15 is 0 Å². The molecule has 156 valence electrons. The Bertz CT molecular complexity index is 1580.